The van der Waals surface area contributed by atoms with Crippen LogP contribution in [0.3, 0.4) is 0 Å². The second-order valence-corrected chi connectivity index (χ2v) is 12.1. The van der Waals surface area contributed by atoms with Crippen molar-refractivity contribution in [3.8, 4) is 0 Å². The Morgan fingerprint density at radius 3 is 1.58 bits per heavy atom. The Morgan fingerprint density at radius 1 is 0.639 bits per heavy atom. The van der Waals surface area contributed by atoms with Gasteiger partial charge in [0, 0.05) is 49.3 Å². The van der Waals surface area contributed by atoms with Gasteiger partial charge in [-0.05, 0) is 91.7 Å². The van der Waals surface area contributed by atoms with Gasteiger partial charge < -0.3 is 9.80 Å². The molecule has 2 aliphatic carbocycles. The Morgan fingerprint density at radius 2 is 1.08 bits per heavy atom. The van der Waals surface area contributed by atoms with Crippen LogP contribution >= 0.6 is 0 Å². The summed E-state index contributed by atoms with van der Waals surface area (Å²) in [5, 5.41) is 0. The minimum absolute atomic E-state index is 0.0277. The highest BCUT2D eigenvalue weighted by atomic mass is 15.2. The first-order chi connectivity index (χ1) is 19.0. The third kappa shape index (κ3) is 2.32. The van der Waals surface area contributed by atoms with E-state index in [1.165, 1.54) is 16.4 Å². The van der Waals surface area contributed by atoms with Crippen molar-refractivity contribution in [1.82, 2.24) is 0 Å². The van der Waals surface area contributed by atoms with Crippen LogP contribution in [0.25, 0.3) is 0 Å². The molecule has 6 aliphatic rings. The zero-order valence-corrected chi connectivity index (χ0v) is 21.6. The molecule has 4 heterocycles. The normalized spacial score (nSPS) is 37.7. The molecule has 36 heavy (non-hydrogen) atoms. The molecule has 0 spiro atoms. The van der Waals surface area contributed by atoms with E-state index in [0.717, 1.165) is 76.3 Å². The quantitative estimate of drug-likeness (QED) is 0.363. The molecule has 4 unspecified atom stereocenters. The minimum atomic E-state index is -1.06. The maximum atomic E-state index is 10.0. The van der Waals surface area contributed by atoms with Crippen molar-refractivity contribution in [3.63, 3.8) is 0 Å². The molecule has 0 bridgehead atoms. The molecule has 0 N–H and O–H groups in total. The van der Waals surface area contributed by atoms with Crippen molar-refractivity contribution in [2.75, 3.05) is 9.80 Å². The topological polar surface area (TPSA) is 6.48 Å². The van der Waals surface area contributed by atoms with E-state index in [9.17, 15) is 5.48 Å². The van der Waals surface area contributed by atoms with Gasteiger partial charge in [0.1, 0.15) is 0 Å². The highest BCUT2D eigenvalue weighted by molar-refractivity contribution is 7.00. The van der Waals surface area contributed by atoms with Crippen LogP contribution in [0.15, 0.2) is 36.4 Å². The average molecular weight is 474 g/mol. The molecule has 2 fully saturated rings. The lowest BCUT2D eigenvalue weighted by Crippen LogP contribution is -2.63. The maximum Gasteiger partial charge on any atom is 0.252 e. The smallest absolute Gasteiger partial charge is 0.252 e. The molecule has 0 aromatic heterocycles. The Kier molecular flexibility index (Phi) is 3.20. The zero-order chi connectivity index (χ0) is 27.6. The van der Waals surface area contributed by atoms with Gasteiger partial charge in [-0.15, -0.1) is 0 Å². The Bertz CT molecular complexity index is 1590. The van der Waals surface area contributed by atoms with Crippen LogP contribution in [-0.2, 0) is 0 Å². The Hall–Kier alpha value is -2.68. The summed E-state index contributed by atoms with van der Waals surface area (Å²) in [4.78, 5) is 4.52. The summed E-state index contributed by atoms with van der Waals surface area (Å²) in [5.74, 6) is -1.95. The standard InChI is InChI=1S/C33H35BN2/c1-18-12-23-21-8-4-6-10-27(21)35-29-16-20(3)17-30-31(29)34(25(14-18)32(23)35)26-15-19(2)13-24-22-9-5-7-11-28(22)36(30)33(24)26/h12-17,21-22,27-28H,4-11H2,1-3H3/i21D,22D,27D,28D. The molecule has 4 atom stereocenters. The van der Waals surface area contributed by atoms with Gasteiger partial charge in [-0.25, -0.2) is 0 Å². The van der Waals surface area contributed by atoms with Crippen molar-refractivity contribution in [2.24, 2.45) is 0 Å². The summed E-state index contributed by atoms with van der Waals surface area (Å²) in [6.45, 7) is 6.39. The molecule has 0 amide bonds. The van der Waals surface area contributed by atoms with E-state index in [1.54, 1.807) is 0 Å². The summed E-state index contributed by atoms with van der Waals surface area (Å²) in [5.41, 5.74) is 13.4. The van der Waals surface area contributed by atoms with E-state index < -0.39 is 23.8 Å². The Labute approximate surface area is 221 Å². The lowest BCUT2D eigenvalue weighted by molar-refractivity contribution is 0.401. The lowest BCUT2D eigenvalue weighted by Gasteiger charge is -2.46. The second kappa shape index (κ2) is 6.79. The number of nitrogens with zero attached hydrogens (tertiary/aromatic N) is 2. The molecule has 0 radical (unpaired) electrons. The van der Waals surface area contributed by atoms with E-state index >= 15 is 0 Å². The summed E-state index contributed by atoms with van der Waals surface area (Å²) >= 11 is 0. The molecule has 2 saturated carbocycles. The number of hydrogen-bond acceptors (Lipinski definition) is 2. The number of rotatable bonds is 0. The van der Waals surface area contributed by atoms with Gasteiger partial charge in [0.05, 0.1) is 2.74 Å². The summed E-state index contributed by atoms with van der Waals surface area (Å²) in [7, 11) is 0. The second-order valence-electron chi connectivity index (χ2n) is 12.1. The van der Waals surface area contributed by atoms with Gasteiger partial charge in [-0.1, -0.05) is 61.1 Å². The van der Waals surface area contributed by atoms with Crippen LogP contribution in [0.1, 0.15) is 96.5 Å². The molecule has 4 aliphatic heterocycles. The van der Waals surface area contributed by atoms with E-state index in [1.807, 2.05) is 0 Å². The van der Waals surface area contributed by atoms with Gasteiger partial charge in [0.15, 0.2) is 0 Å². The van der Waals surface area contributed by atoms with Crippen LogP contribution in [-0.4, -0.2) is 18.7 Å². The largest absolute Gasteiger partial charge is 0.338 e. The minimum Gasteiger partial charge on any atom is -0.338 e. The zero-order valence-electron chi connectivity index (χ0n) is 25.6. The van der Waals surface area contributed by atoms with E-state index in [2.05, 4.69) is 67.0 Å². The summed E-state index contributed by atoms with van der Waals surface area (Å²) in [6.07, 6.45) is 6.70. The number of anilines is 4. The molecule has 3 aromatic rings. The molecule has 3 aromatic carbocycles. The van der Waals surface area contributed by atoms with Crippen LogP contribution in [0.5, 0.6) is 0 Å². The average Bonchev–Trinajstić information content (AvgIpc) is 3.24. The van der Waals surface area contributed by atoms with Gasteiger partial charge in [-0.2, -0.15) is 0 Å². The van der Waals surface area contributed by atoms with Gasteiger partial charge >= 0.3 is 0 Å². The van der Waals surface area contributed by atoms with Gasteiger partial charge in [0.25, 0.3) is 6.71 Å². The van der Waals surface area contributed by atoms with Crippen LogP contribution < -0.4 is 26.2 Å². The van der Waals surface area contributed by atoms with Gasteiger partial charge in [-0.3, -0.25) is 0 Å². The lowest BCUT2D eigenvalue weighted by atomic mass is 9.33. The maximum absolute atomic E-state index is 10.0. The van der Waals surface area contributed by atoms with E-state index in [4.69, 9.17) is 0 Å². The fourth-order valence-corrected chi connectivity index (χ4v) is 8.57. The molecule has 0 saturated heterocycles. The third-order valence-corrected chi connectivity index (χ3v) is 9.76. The number of aryl methyl sites for hydroxylation is 3. The van der Waals surface area contributed by atoms with E-state index in [-0.39, 0.29) is 6.71 Å². The number of benzene rings is 3. The first-order valence-electron chi connectivity index (χ1n) is 16.1. The van der Waals surface area contributed by atoms with Crippen molar-refractivity contribution >= 4 is 45.9 Å². The summed E-state index contributed by atoms with van der Waals surface area (Å²) < 4.78 is 39.9. The van der Waals surface area contributed by atoms with Gasteiger partial charge in [0.2, 0.25) is 0 Å². The van der Waals surface area contributed by atoms with Crippen LogP contribution in [0.2, 0.25) is 0 Å². The molecule has 3 heteroatoms. The van der Waals surface area contributed by atoms with E-state index in [0.29, 0.717) is 25.7 Å². The van der Waals surface area contributed by atoms with Crippen molar-refractivity contribution < 1.29 is 5.48 Å². The molecular formula is C33H35BN2. The Balaban J connectivity index is 1.45. The number of hydrogen-bond donors (Lipinski definition) is 0. The summed E-state index contributed by atoms with van der Waals surface area (Å²) in [6, 6.07) is 11.4. The molecular weight excluding hydrogens is 435 g/mol. The van der Waals surface area contributed by atoms with Crippen molar-refractivity contribution in [1.29, 1.82) is 0 Å². The first-order valence-corrected chi connectivity index (χ1v) is 14.1. The number of fused-ring (bicyclic) bond motifs is 10. The SMILES string of the molecule is [2H]C12CCCCC1([2H])N1c3cc(C)cc4c3B(c3cc(C)cc2c31)c1cc(C)cc2c1N4C1([2H])CCCCC21[2H]. The molecule has 180 valence electrons. The highest BCUT2D eigenvalue weighted by Crippen LogP contribution is 2.56. The fraction of sp³-hybridized carbons (Fsp3) is 0.455. The first kappa shape index (κ1) is 17.0. The monoisotopic (exact) mass is 474 g/mol. The predicted molar refractivity (Wildman–Crippen MR) is 152 cm³/mol. The van der Waals surface area contributed by atoms with Crippen LogP contribution in [0, 0.1) is 20.8 Å². The predicted octanol–water partition coefficient (Wildman–Crippen LogP) is 6.11. The van der Waals surface area contributed by atoms with Crippen LogP contribution in [0.4, 0.5) is 22.7 Å². The van der Waals surface area contributed by atoms with Crippen molar-refractivity contribution in [2.45, 2.75) is 96.0 Å². The third-order valence-electron chi connectivity index (χ3n) is 9.76. The molecule has 2 nitrogen and oxygen atoms in total. The fourth-order valence-electron chi connectivity index (χ4n) is 8.57. The molecule has 9 rings (SSSR count). The van der Waals surface area contributed by atoms with Crippen molar-refractivity contribution in [3.05, 3.63) is 64.2 Å². The highest BCUT2D eigenvalue weighted by Gasteiger charge is 2.53.